The van der Waals surface area contributed by atoms with Crippen LogP contribution in [0.25, 0.3) is 0 Å². The maximum atomic E-state index is 13.5. The SMILES string of the molecule is CC(C)(C)C1OCCCC1CNC(=O)NC1CCc2ccc(F)cc21. The number of rotatable bonds is 3. The molecule has 2 amide bonds. The zero-order valence-electron chi connectivity index (χ0n) is 15.4. The number of halogens is 1. The minimum absolute atomic E-state index is 0.0607. The van der Waals surface area contributed by atoms with Crippen molar-refractivity contribution in [3.8, 4) is 0 Å². The number of ether oxygens (including phenoxy) is 1. The molecule has 0 saturated carbocycles. The summed E-state index contributed by atoms with van der Waals surface area (Å²) in [6.45, 7) is 7.95. The molecule has 138 valence electrons. The number of carbonyl (C=O) groups is 1. The van der Waals surface area contributed by atoms with Crippen LogP contribution >= 0.6 is 0 Å². The van der Waals surface area contributed by atoms with E-state index in [1.807, 2.05) is 6.07 Å². The number of hydrogen-bond acceptors (Lipinski definition) is 2. The van der Waals surface area contributed by atoms with Gasteiger partial charge in [-0.05, 0) is 54.4 Å². The number of amides is 2. The van der Waals surface area contributed by atoms with Crippen LogP contribution in [0.4, 0.5) is 9.18 Å². The third-order valence-electron chi connectivity index (χ3n) is 5.31. The fourth-order valence-corrected chi connectivity index (χ4v) is 4.17. The Labute approximate surface area is 149 Å². The highest BCUT2D eigenvalue weighted by Crippen LogP contribution is 2.34. The van der Waals surface area contributed by atoms with Gasteiger partial charge in [0.25, 0.3) is 0 Å². The molecule has 1 aliphatic heterocycles. The maximum Gasteiger partial charge on any atom is 0.315 e. The number of nitrogens with one attached hydrogen (secondary N) is 2. The van der Waals surface area contributed by atoms with Gasteiger partial charge in [0.1, 0.15) is 5.82 Å². The minimum Gasteiger partial charge on any atom is -0.377 e. The van der Waals surface area contributed by atoms with Crippen LogP contribution in [-0.2, 0) is 11.2 Å². The van der Waals surface area contributed by atoms with Gasteiger partial charge in [0.2, 0.25) is 0 Å². The molecule has 1 aliphatic carbocycles. The van der Waals surface area contributed by atoms with Crippen LogP contribution in [0.1, 0.15) is 57.2 Å². The fourth-order valence-electron chi connectivity index (χ4n) is 4.17. The Balaban J connectivity index is 1.54. The highest BCUT2D eigenvalue weighted by molar-refractivity contribution is 5.74. The van der Waals surface area contributed by atoms with Gasteiger partial charge in [0.15, 0.2) is 0 Å². The van der Waals surface area contributed by atoms with Gasteiger partial charge in [-0.1, -0.05) is 26.8 Å². The highest BCUT2D eigenvalue weighted by Gasteiger charge is 2.35. The molecule has 5 heteroatoms. The Kier molecular flexibility index (Phi) is 5.32. The second kappa shape index (κ2) is 7.32. The summed E-state index contributed by atoms with van der Waals surface area (Å²) in [5, 5.41) is 6.00. The van der Waals surface area contributed by atoms with Crippen LogP contribution in [0, 0.1) is 17.2 Å². The predicted molar refractivity (Wildman–Crippen MR) is 95.9 cm³/mol. The topological polar surface area (TPSA) is 50.4 Å². The van der Waals surface area contributed by atoms with Crippen LogP contribution in [-0.4, -0.2) is 25.3 Å². The van der Waals surface area contributed by atoms with Gasteiger partial charge in [0.05, 0.1) is 12.1 Å². The van der Waals surface area contributed by atoms with E-state index in [4.69, 9.17) is 4.74 Å². The summed E-state index contributed by atoms with van der Waals surface area (Å²) in [6, 6.07) is 4.55. The Bertz CT molecular complexity index is 627. The van der Waals surface area contributed by atoms with Gasteiger partial charge in [-0.2, -0.15) is 0 Å². The maximum absolute atomic E-state index is 13.5. The van der Waals surface area contributed by atoms with Crippen molar-refractivity contribution in [2.45, 2.75) is 58.6 Å². The molecule has 2 aliphatic rings. The Hall–Kier alpha value is -1.62. The molecule has 1 fully saturated rings. The normalized spacial score (nSPS) is 26.2. The number of benzene rings is 1. The molecule has 1 heterocycles. The summed E-state index contributed by atoms with van der Waals surface area (Å²) in [5.74, 6) is 0.0769. The lowest BCUT2D eigenvalue weighted by atomic mass is 9.78. The van der Waals surface area contributed by atoms with Crippen molar-refractivity contribution in [2.75, 3.05) is 13.2 Å². The van der Waals surface area contributed by atoms with Crippen molar-refractivity contribution in [3.05, 3.63) is 35.1 Å². The average Bonchev–Trinajstić information content (AvgIpc) is 2.94. The van der Waals surface area contributed by atoms with E-state index < -0.39 is 0 Å². The Morgan fingerprint density at radius 3 is 2.88 bits per heavy atom. The molecule has 0 aromatic heterocycles. The second-order valence-corrected chi connectivity index (χ2v) is 8.35. The lowest BCUT2D eigenvalue weighted by molar-refractivity contribution is -0.0838. The molecular weight excluding hydrogens is 319 g/mol. The molecule has 4 nitrogen and oxygen atoms in total. The van der Waals surface area contributed by atoms with E-state index in [0.29, 0.717) is 12.5 Å². The first kappa shape index (κ1) is 18.2. The first-order valence-electron chi connectivity index (χ1n) is 9.29. The molecule has 3 rings (SSSR count). The molecule has 3 atom stereocenters. The molecular formula is C20H29FN2O2. The summed E-state index contributed by atoms with van der Waals surface area (Å²) in [6.07, 6.45) is 3.96. The zero-order valence-corrected chi connectivity index (χ0v) is 15.4. The first-order valence-corrected chi connectivity index (χ1v) is 9.29. The molecule has 2 N–H and O–H groups in total. The molecule has 1 saturated heterocycles. The van der Waals surface area contributed by atoms with E-state index in [0.717, 1.165) is 43.4 Å². The number of fused-ring (bicyclic) bond motifs is 1. The van der Waals surface area contributed by atoms with Gasteiger partial charge in [0, 0.05) is 19.1 Å². The minimum atomic E-state index is -0.250. The van der Waals surface area contributed by atoms with Crippen molar-refractivity contribution in [3.63, 3.8) is 0 Å². The predicted octanol–water partition coefficient (Wildman–Crippen LogP) is 3.95. The summed E-state index contributed by atoms with van der Waals surface area (Å²) in [4.78, 5) is 12.3. The van der Waals surface area contributed by atoms with Crippen LogP contribution in [0.15, 0.2) is 18.2 Å². The number of carbonyl (C=O) groups excluding carboxylic acids is 1. The van der Waals surface area contributed by atoms with Crippen molar-refractivity contribution in [1.29, 1.82) is 0 Å². The fraction of sp³-hybridized carbons (Fsp3) is 0.650. The molecule has 0 bridgehead atoms. The van der Waals surface area contributed by atoms with Crippen molar-refractivity contribution < 1.29 is 13.9 Å². The Morgan fingerprint density at radius 1 is 1.32 bits per heavy atom. The quantitative estimate of drug-likeness (QED) is 0.869. The van der Waals surface area contributed by atoms with E-state index in [-0.39, 0.29) is 29.4 Å². The van der Waals surface area contributed by atoms with Gasteiger partial charge in [-0.3, -0.25) is 0 Å². The molecule has 0 radical (unpaired) electrons. The summed E-state index contributed by atoms with van der Waals surface area (Å²) >= 11 is 0. The third-order valence-corrected chi connectivity index (χ3v) is 5.31. The lowest BCUT2D eigenvalue weighted by Gasteiger charge is -2.40. The zero-order chi connectivity index (χ0) is 18.0. The first-order chi connectivity index (χ1) is 11.8. The largest absolute Gasteiger partial charge is 0.377 e. The highest BCUT2D eigenvalue weighted by atomic mass is 19.1. The number of urea groups is 1. The lowest BCUT2D eigenvalue weighted by Crippen LogP contribution is -2.47. The van der Waals surface area contributed by atoms with Crippen molar-refractivity contribution in [2.24, 2.45) is 11.3 Å². The standard InChI is InChI=1S/C20H29FN2O2/c1-20(2,3)18-14(5-4-10-25-18)12-22-19(24)23-17-9-7-13-6-8-15(21)11-16(13)17/h6,8,11,14,17-18H,4-5,7,9-10,12H2,1-3H3,(H2,22,23,24). The van der Waals surface area contributed by atoms with Crippen LogP contribution in [0.3, 0.4) is 0 Å². The van der Waals surface area contributed by atoms with Crippen LogP contribution in [0.2, 0.25) is 0 Å². The van der Waals surface area contributed by atoms with Gasteiger partial charge in [-0.15, -0.1) is 0 Å². The second-order valence-electron chi connectivity index (χ2n) is 8.35. The number of hydrogen-bond donors (Lipinski definition) is 2. The summed E-state index contributed by atoms with van der Waals surface area (Å²) in [5.41, 5.74) is 2.09. The van der Waals surface area contributed by atoms with E-state index in [1.54, 1.807) is 0 Å². The number of aryl methyl sites for hydroxylation is 1. The van der Waals surface area contributed by atoms with E-state index in [2.05, 4.69) is 31.4 Å². The molecule has 1 aromatic rings. The molecule has 25 heavy (non-hydrogen) atoms. The molecule has 1 aromatic carbocycles. The summed E-state index contributed by atoms with van der Waals surface area (Å²) < 4.78 is 19.4. The van der Waals surface area contributed by atoms with E-state index >= 15 is 0 Å². The summed E-state index contributed by atoms with van der Waals surface area (Å²) in [7, 11) is 0. The third kappa shape index (κ3) is 4.32. The van der Waals surface area contributed by atoms with Crippen LogP contribution < -0.4 is 10.6 Å². The van der Waals surface area contributed by atoms with E-state index in [9.17, 15) is 9.18 Å². The molecule has 3 unspecified atom stereocenters. The van der Waals surface area contributed by atoms with Crippen molar-refractivity contribution >= 4 is 6.03 Å². The van der Waals surface area contributed by atoms with E-state index in [1.165, 1.54) is 12.1 Å². The van der Waals surface area contributed by atoms with Crippen molar-refractivity contribution in [1.82, 2.24) is 10.6 Å². The van der Waals surface area contributed by atoms with Gasteiger partial charge in [-0.25, -0.2) is 9.18 Å². The monoisotopic (exact) mass is 348 g/mol. The van der Waals surface area contributed by atoms with Gasteiger partial charge < -0.3 is 15.4 Å². The van der Waals surface area contributed by atoms with Gasteiger partial charge >= 0.3 is 6.03 Å². The Morgan fingerprint density at radius 2 is 2.12 bits per heavy atom. The smallest absolute Gasteiger partial charge is 0.315 e. The van der Waals surface area contributed by atoms with Crippen LogP contribution in [0.5, 0.6) is 0 Å². The average molecular weight is 348 g/mol. The molecule has 0 spiro atoms.